The number of carbonyl (C=O) groups is 1. The molecule has 1 atom stereocenters. The van der Waals surface area contributed by atoms with E-state index in [1.165, 1.54) is 4.90 Å². The zero-order chi connectivity index (χ0) is 16.8. The lowest BCUT2D eigenvalue weighted by atomic mass is 10.2. The molecule has 1 aromatic heterocycles. The molecule has 0 aliphatic carbocycles. The molecule has 0 saturated heterocycles. The predicted molar refractivity (Wildman–Crippen MR) is 99.1 cm³/mol. The maximum absolute atomic E-state index is 12.1. The van der Waals surface area contributed by atoms with Crippen molar-refractivity contribution in [2.45, 2.75) is 30.7 Å². The number of imidazole rings is 1. The summed E-state index contributed by atoms with van der Waals surface area (Å²) in [6.07, 6.45) is 1.39. The molecular weight excluding hydrogens is 318 g/mol. The zero-order valence-corrected chi connectivity index (χ0v) is 14.5. The van der Waals surface area contributed by atoms with Gasteiger partial charge < -0.3 is 10.3 Å². The van der Waals surface area contributed by atoms with Gasteiger partial charge in [-0.3, -0.25) is 4.79 Å². The zero-order valence-electron chi connectivity index (χ0n) is 13.7. The van der Waals surface area contributed by atoms with Crippen LogP contribution >= 0.6 is 11.8 Å². The molecule has 0 bridgehead atoms. The number of nitrogens with zero attached hydrogens (tertiary/aromatic N) is 1. The molecule has 0 fully saturated rings. The summed E-state index contributed by atoms with van der Waals surface area (Å²) in [5.74, 6) is 1.80. The fraction of sp³-hybridized carbons (Fsp3) is 0.263. The third-order valence-corrected chi connectivity index (χ3v) is 4.85. The number of aromatic nitrogens is 2. The van der Waals surface area contributed by atoms with Crippen molar-refractivity contribution in [3.05, 3.63) is 60.4 Å². The van der Waals surface area contributed by atoms with Gasteiger partial charge in [-0.05, 0) is 43.4 Å². The number of carbonyl (C=O) groups excluding carboxylic acids is 1. The number of rotatable bonds is 7. The summed E-state index contributed by atoms with van der Waals surface area (Å²) in [5.41, 5.74) is 1.92. The highest BCUT2D eigenvalue weighted by molar-refractivity contribution is 7.99. The largest absolute Gasteiger partial charge is 0.346 e. The van der Waals surface area contributed by atoms with E-state index in [1.807, 2.05) is 49.4 Å². The van der Waals surface area contributed by atoms with Gasteiger partial charge in [-0.2, -0.15) is 0 Å². The maximum Gasteiger partial charge on any atom is 0.220 e. The van der Waals surface area contributed by atoms with Crippen LogP contribution in [-0.4, -0.2) is 21.6 Å². The standard InChI is InChI=1S/C19H21N3OS/c1-14(19-21-16-10-5-6-11-17(16)22-19)20-18(23)12-7-13-24-15-8-3-2-4-9-15/h2-6,8-11,14H,7,12-13H2,1H3,(H,20,23)(H,21,22)/t14-/m0/s1. The molecule has 3 aromatic rings. The highest BCUT2D eigenvalue weighted by atomic mass is 32.2. The van der Waals surface area contributed by atoms with E-state index in [-0.39, 0.29) is 11.9 Å². The number of H-pyrrole nitrogens is 1. The van der Waals surface area contributed by atoms with Gasteiger partial charge in [0.25, 0.3) is 0 Å². The van der Waals surface area contributed by atoms with Crippen LogP contribution in [0, 0.1) is 0 Å². The van der Waals surface area contributed by atoms with E-state index >= 15 is 0 Å². The first-order chi connectivity index (χ1) is 11.7. The van der Waals surface area contributed by atoms with Gasteiger partial charge in [0.05, 0.1) is 17.1 Å². The van der Waals surface area contributed by atoms with Gasteiger partial charge in [-0.25, -0.2) is 4.98 Å². The molecule has 1 heterocycles. The molecule has 124 valence electrons. The number of amides is 1. The van der Waals surface area contributed by atoms with Gasteiger partial charge in [-0.1, -0.05) is 30.3 Å². The lowest BCUT2D eigenvalue weighted by Crippen LogP contribution is -2.27. The number of hydrogen-bond donors (Lipinski definition) is 2. The molecule has 24 heavy (non-hydrogen) atoms. The second kappa shape index (κ2) is 8.02. The Kier molecular flexibility index (Phi) is 5.54. The minimum atomic E-state index is -0.119. The summed E-state index contributed by atoms with van der Waals surface area (Å²) in [5, 5.41) is 3.01. The molecule has 3 rings (SSSR count). The Bertz CT molecular complexity index is 767. The Labute approximate surface area is 146 Å². The summed E-state index contributed by atoms with van der Waals surface area (Å²) in [4.78, 5) is 21.1. The van der Waals surface area contributed by atoms with Crippen molar-refractivity contribution in [2.75, 3.05) is 5.75 Å². The maximum atomic E-state index is 12.1. The van der Waals surface area contributed by atoms with Crippen LogP contribution in [0.2, 0.25) is 0 Å². The molecule has 1 amide bonds. The Hall–Kier alpha value is -2.27. The van der Waals surface area contributed by atoms with E-state index in [1.54, 1.807) is 11.8 Å². The molecule has 2 N–H and O–H groups in total. The van der Waals surface area contributed by atoms with E-state index in [4.69, 9.17) is 0 Å². The highest BCUT2D eigenvalue weighted by Gasteiger charge is 2.13. The average molecular weight is 339 g/mol. The van der Waals surface area contributed by atoms with Crippen molar-refractivity contribution < 1.29 is 4.79 Å². The van der Waals surface area contributed by atoms with E-state index in [9.17, 15) is 4.79 Å². The number of fused-ring (bicyclic) bond motifs is 1. The van der Waals surface area contributed by atoms with Gasteiger partial charge in [0.1, 0.15) is 5.82 Å². The summed E-state index contributed by atoms with van der Waals surface area (Å²) in [6.45, 7) is 1.95. The van der Waals surface area contributed by atoms with Crippen LogP contribution in [0.3, 0.4) is 0 Å². The van der Waals surface area contributed by atoms with Crippen LogP contribution in [0.1, 0.15) is 31.6 Å². The van der Waals surface area contributed by atoms with Crippen LogP contribution < -0.4 is 5.32 Å². The first kappa shape index (κ1) is 16.6. The van der Waals surface area contributed by atoms with Gasteiger partial charge in [0, 0.05) is 11.3 Å². The Balaban J connectivity index is 1.44. The SMILES string of the molecule is C[C@H](NC(=O)CCCSc1ccccc1)c1nc2ccccc2[nH]1. The topological polar surface area (TPSA) is 57.8 Å². The van der Waals surface area contributed by atoms with Crippen molar-refractivity contribution in [1.82, 2.24) is 15.3 Å². The summed E-state index contributed by atoms with van der Waals surface area (Å²) < 4.78 is 0. The third kappa shape index (κ3) is 4.38. The fourth-order valence-electron chi connectivity index (χ4n) is 2.50. The van der Waals surface area contributed by atoms with Crippen molar-refractivity contribution in [3.63, 3.8) is 0 Å². The molecule has 0 aliphatic rings. The fourth-order valence-corrected chi connectivity index (χ4v) is 3.37. The van der Waals surface area contributed by atoms with Gasteiger partial charge in [-0.15, -0.1) is 11.8 Å². The van der Waals surface area contributed by atoms with Crippen LogP contribution in [-0.2, 0) is 4.79 Å². The molecule has 2 aromatic carbocycles. The molecule has 5 heteroatoms. The van der Waals surface area contributed by atoms with E-state index in [0.29, 0.717) is 6.42 Å². The smallest absolute Gasteiger partial charge is 0.220 e. The lowest BCUT2D eigenvalue weighted by molar-refractivity contribution is -0.121. The number of nitrogens with one attached hydrogen (secondary N) is 2. The summed E-state index contributed by atoms with van der Waals surface area (Å²) >= 11 is 1.78. The number of para-hydroxylation sites is 2. The van der Waals surface area contributed by atoms with Crippen LogP contribution in [0.15, 0.2) is 59.5 Å². The molecule has 0 saturated carbocycles. The number of aromatic amines is 1. The quantitative estimate of drug-likeness (QED) is 0.498. The number of benzene rings is 2. The average Bonchev–Trinajstić information content (AvgIpc) is 3.04. The van der Waals surface area contributed by atoms with Gasteiger partial charge in [0.15, 0.2) is 0 Å². The first-order valence-corrected chi connectivity index (χ1v) is 9.13. The molecule has 0 radical (unpaired) electrons. The van der Waals surface area contributed by atoms with Crippen molar-refractivity contribution in [1.29, 1.82) is 0 Å². The van der Waals surface area contributed by atoms with Crippen LogP contribution in [0.4, 0.5) is 0 Å². The first-order valence-electron chi connectivity index (χ1n) is 8.14. The minimum absolute atomic E-state index is 0.0663. The Morgan fingerprint density at radius 2 is 1.92 bits per heavy atom. The molecule has 0 spiro atoms. The second-order valence-electron chi connectivity index (χ2n) is 5.69. The van der Waals surface area contributed by atoms with Crippen LogP contribution in [0.25, 0.3) is 11.0 Å². The Morgan fingerprint density at radius 3 is 2.71 bits per heavy atom. The molecule has 4 nitrogen and oxygen atoms in total. The number of thioether (sulfide) groups is 1. The van der Waals surface area contributed by atoms with Crippen molar-refractivity contribution in [2.24, 2.45) is 0 Å². The number of hydrogen-bond acceptors (Lipinski definition) is 3. The second-order valence-corrected chi connectivity index (χ2v) is 6.86. The molecule has 0 aliphatic heterocycles. The monoisotopic (exact) mass is 339 g/mol. The minimum Gasteiger partial charge on any atom is -0.346 e. The normalized spacial score (nSPS) is 12.2. The third-order valence-electron chi connectivity index (χ3n) is 3.76. The van der Waals surface area contributed by atoms with E-state index < -0.39 is 0 Å². The lowest BCUT2D eigenvalue weighted by Gasteiger charge is -2.11. The van der Waals surface area contributed by atoms with E-state index in [2.05, 4.69) is 27.4 Å². The summed E-state index contributed by atoms with van der Waals surface area (Å²) in [6, 6.07) is 18.0. The van der Waals surface area contributed by atoms with Gasteiger partial charge >= 0.3 is 0 Å². The Morgan fingerprint density at radius 1 is 1.17 bits per heavy atom. The van der Waals surface area contributed by atoms with Crippen LogP contribution in [0.5, 0.6) is 0 Å². The van der Waals surface area contributed by atoms with E-state index in [0.717, 1.165) is 29.0 Å². The molecule has 0 unspecified atom stereocenters. The predicted octanol–water partition coefficient (Wildman–Crippen LogP) is 4.31. The van der Waals surface area contributed by atoms with Crippen molar-refractivity contribution >= 4 is 28.7 Å². The molecular formula is C19H21N3OS. The highest BCUT2D eigenvalue weighted by Crippen LogP contribution is 2.19. The van der Waals surface area contributed by atoms with Gasteiger partial charge in [0.2, 0.25) is 5.91 Å². The van der Waals surface area contributed by atoms with Crippen molar-refractivity contribution in [3.8, 4) is 0 Å². The summed E-state index contributed by atoms with van der Waals surface area (Å²) in [7, 11) is 0.